The van der Waals surface area contributed by atoms with E-state index < -0.39 is 0 Å². The number of hydrogen-bond acceptors (Lipinski definition) is 5. The third kappa shape index (κ3) is 7.74. The van der Waals surface area contributed by atoms with E-state index in [-0.39, 0.29) is 18.0 Å². The molecule has 2 aliphatic heterocycles. The molecule has 232 valence electrons. The van der Waals surface area contributed by atoms with Crippen LogP contribution in [0, 0.1) is 32.6 Å². The van der Waals surface area contributed by atoms with Crippen molar-refractivity contribution in [2.75, 3.05) is 32.7 Å². The van der Waals surface area contributed by atoms with Crippen molar-refractivity contribution in [2.24, 2.45) is 16.8 Å². The van der Waals surface area contributed by atoms with Gasteiger partial charge in [0, 0.05) is 60.8 Å². The Morgan fingerprint density at radius 2 is 1.86 bits per heavy atom. The van der Waals surface area contributed by atoms with Crippen LogP contribution >= 0.6 is 0 Å². The summed E-state index contributed by atoms with van der Waals surface area (Å²) in [5.74, 6) is 1.20. The van der Waals surface area contributed by atoms with E-state index in [1.54, 1.807) is 0 Å². The molecular weight excluding hydrogens is 534 g/mol. The topological polar surface area (TPSA) is 89.6 Å². The molecule has 2 aromatic rings. The smallest absolute Gasteiger partial charge is 0.253 e. The standard InChI is InChI=1S/C36H51N5O2/c1-5-27(28-8-6-7-9-28)21-38-22-33-25(3)19-30(29-12-16-41(17-13-29)31-10-14-37-15-11-31)20-32(33)35(42)39-23-34-24(2)18-26(4)40-36(34)43/h12,18-20,22,27-28,31,37H,5-11,13-17,21,23H2,1-4H3,(H,39,42)(H,40,43). The number of H-pyrrole nitrogens is 1. The second kappa shape index (κ2) is 14.6. The summed E-state index contributed by atoms with van der Waals surface area (Å²) in [4.78, 5) is 36.9. The number of aliphatic imine (C=N–C) groups is 1. The zero-order chi connectivity index (χ0) is 30.3. The van der Waals surface area contributed by atoms with Crippen LogP contribution in [0.5, 0.6) is 0 Å². The highest BCUT2D eigenvalue weighted by Crippen LogP contribution is 2.33. The van der Waals surface area contributed by atoms with Crippen molar-refractivity contribution in [3.63, 3.8) is 0 Å². The van der Waals surface area contributed by atoms with E-state index in [1.165, 1.54) is 44.1 Å². The van der Waals surface area contributed by atoms with Crippen molar-refractivity contribution in [3.8, 4) is 0 Å². The van der Waals surface area contributed by atoms with E-state index in [2.05, 4.69) is 52.6 Å². The average molecular weight is 586 g/mol. The highest BCUT2D eigenvalue weighted by atomic mass is 16.1. The van der Waals surface area contributed by atoms with Gasteiger partial charge < -0.3 is 15.6 Å². The Bertz CT molecular complexity index is 1400. The highest BCUT2D eigenvalue weighted by molar-refractivity contribution is 6.04. The number of pyridine rings is 1. The number of carbonyl (C=O) groups is 1. The molecule has 1 aromatic heterocycles. The highest BCUT2D eigenvalue weighted by Gasteiger charge is 2.25. The van der Waals surface area contributed by atoms with Crippen LogP contribution < -0.4 is 16.2 Å². The molecule has 2 fully saturated rings. The van der Waals surface area contributed by atoms with Gasteiger partial charge in [0.05, 0.1) is 0 Å². The molecule has 1 unspecified atom stereocenters. The van der Waals surface area contributed by atoms with Crippen LogP contribution in [0.15, 0.2) is 34.1 Å². The van der Waals surface area contributed by atoms with E-state index in [9.17, 15) is 9.59 Å². The first kappa shape index (κ1) is 31.4. The lowest BCUT2D eigenvalue weighted by molar-refractivity contribution is 0.0950. The van der Waals surface area contributed by atoms with Crippen LogP contribution in [-0.2, 0) is 6.54 Å². The van der Waals surface area contributed by atoms with Gasteiger partial charge in [-0.2, -0.15) is 0 Å². The molecule has 1 saturated carbocycles. The van der Waals surface area contributed by atoms with Gasteiger partial charge in [-0.3, -0.25) is 19.5 Å². The van der Waals surface area contributed by atoms with E-state index >= 15 is 0 Å². The molecule has 1 aliphatic carbocycles. The molecule has 5 rings (SSSR count). The Kier molecular flexibility index (Phi) is 10.7. The maximum absolute atomic E-state index is 13.8. The summed E-state index contributed by atoms with van der Waals surface area (Å²) in [6, 6.07) is 6.89. The second-order valence-corrected chi connectivity index (χ2v) is 13.0. The number of piperidine rings is 1. The predicted molar refractivity (Wildman–Crippen MR) is 177 cm³/mol. The number of nitrogens with one attached hydrogen (secondary N) is 3. The minimum atomic E-state index is -0.165. The van der Waals surface area contributed by atoms with Gasteiger partial charge in [0.25, 0.3) is 11.5 Å². The Balaban J connectivity index is 1.39. The summed E-state index contributed by atoms with van der Waals surface area (Å²) in [6.07, 6.45) is 14.1. The SMILES string of the molecule is CCC(CN=Cc1c(C)cc(C2=CCN(C3CCNCC3)CC2)cc1C(=O)NCc1c(C)cc(C)[nH]c1=O)C1CCCC1. The summed E-state index contributed by atoms with van der Waals surface area (Å²) in [5, 5.41) is 6.54. The van der Waals surface area contributed by atoms with Crippen molar-refractivity contribution in [3.05, 3.63) is 73.7 Å². The van der Waals surface area contributed by atoms with Crippen LogP contribution in [-0.4, -0.2) is 60.8 Å². The lowest BCUT2D eigenvalue weighted by Gasteiger charge is -2.36. The Hall–Kier alpha value is -3.03. The monoisotopic (exact) mass is 585 g/mol. The summed E-state index contributed by atoms with van der Waals surface area (Å²) < 4.78 is 0. The number of benzene rings is 1. The molecule has 7 nitrogen and oxygen atoms in total. The van der Waals surface area contributed by atoms with Crippen molar-refractivity contribution in [2.45, 2.75) is 91.6 Å². The summed E-state index contributed by atoms with van der Waals surface area (Å²) in [5.41, 5.74) is 7.16. The first-order valence-electron chi connectivity index (χ1n) is 16.6. The maximum Gasteiger partial charge on any atom is 0.253 e. The van der Waals surface area contributed by atoms with Crippen molar-refractivity contribution < 1.29 is 4.79 Å². The summed E-state index contributed by atoms with van der Waals surface area (Å²) in [6.45, 7) is 13.4. The largest absolute Gasteiger partial charge is 0.348 e. The Morgan fingerprint density at radius 1 is 1.09 bits per heavy atom. The third-order valence-electron chi connectivity index (χ3n) is 10.1. The molecule has 43 heavy (non-hydrogen) atoms. The molecule has 1 amide bonds. The molecule has 1 atom stereocenters. The third-order valence-corrected chi connectivity index (χ3v) is 10.1. The number of rotatable bonds is 10. The van der Waals surface area contributed by atoms with Crippen LogP contribution in [0.4, 0.5) is 0 Å². The van der Waals surface area contributed by atoms with Crippen LogP contribution in [0.3, 0.4) is 0 Å². The quantitative estimate of drug-likeness (QED) is 0.312. The molecule has 0 bridgehead atoms. The number of nitrogens with zero attached hydrogens (tertiary/aromatic N) is 2. The molecule has 1 aromatic carbocycles. The van der Waals surface area contributed by atoms with Crippen molar-refractivity contribution >= 4 is 17.7 Å². The molecular formula is C36H51N5O2. The van der Waals surface area contributed by atoms with Gasteiger partial charge in [-0.15, -0.1) is 0 Å². The van der Waals surface area contributed by atoms with E-state index in [0.717, 1.165) is 79.4 Å². The zero-order valence-electron chi connectivity index (χ0n) is 26.7. The molecule has 1 saturated heterocycles. The number of amides is 1. The lowest BCUT2D eigenvalue weighted by atomic mass is 9.88. The number of hydrogen-bond donors (Lipinski definition) is 3. The first-order chi connectivity index (χ1) is 20.8. The van der Waals surface area contributed by atoms with Gasteiger partial charge in [0.1, 0.15) is 0 Å². The zero-order valence-corrected chi connectivity index (χ0v) is 26.7. The van der Waals surface area contributed by atoms with Crippen molar-refractivity contribution in [1.29, 1.82) is 0 Å². The molecule has 3 heterocycles. The number of aromatic nitrogens is 1. The fraction of sp³-hybridized carbons (Fsp3) is 0.583. The second-order valence-electron chi connectivity index (χ2n) is 13.0. The predicted octanol–water partition coefficient (Wildman–Crippen LogP) is 5.71. The van der Waals surface area contributed by atoms with Crippen molar-refractivity contribution in [1.82, 2.24) is 20.5 Å². The van der Waals surface area contributed by atoms with Crippen LogP contribution in [0.25, 0.3) is 5.57 Å². The average Bonchev–Trinajstić information content (AvgIpc) is 3.54. The number of carbonyl (C=O) groups excluding carboxylic acids is 1. The number of aromatic amines is 1. The normalized spacial score (nSPS) is 19.6. The molecule has 0 spiro atoms. The molecule has 3 N–H and O–H groups in total. The van der Waals surface area contributed by atoms with E-state index in [4.69, 9.17) is 4.99 Å². The van der Waals surface area contributed by atoms with E-state index in [1.807, 2.05) is 26.1 Å². The van der Waals surface area contributed by atoms with Gasteiger partial charge >= 0.3 is 0 Å². The fourth-order valence-corrected chi connectivity index (χ4v) is 7.48. The first-order valence-corrected chi connectivity index (χ1v) is 16.6. The lowest BCUT2D eigenvalue weighted by Crippen LogP contribution is -2.44. The van der Waals surface area contributed by atoms with Crippen LogP contribution in [0.1, 0.15) is 102 Å². The summed E-state index contributed by atoms with van der Waals surface area (Å²) >= 11 is 0. The van der Waals surface area contributed by atoms with Gasteiger partial charge in [-0.25, -0.2) is 0 Å². The minimum absolute atomic E-state index is 0.146. The summed E-state index contributed by atoms with van der Waals surface area (Å²) in [7, 11) is 0. The molecule has 0 radical (unpaired) electrons. The van der Waals surface area contributed by atoms with Gasteiger partial charge in [0.2, 0.25) is 0 Å². The fourth-order valence-electron chi connectivity index (χ4n) is 7.48. The Labute approximate surface area is 257 Å². The maximum atomic E-state index is 13.8. The van der Waals surface area contributed by atoms with Gasteiger partial charge in [-0.05, 0) is 99.4 Å². The molecule has 3 aliphatic rings. The van der Waals surface area contributed by atoms with Crippen LogP contribution in [0.2, 0.25) is 0 Å². The molecule has 7 heteroatoms. The van der Waals surface area contributed by atoms with Gasteiger partial charge in [0.15, 0.2) is 0 Å². The minimum Gasteiger partial charge on any atom is -0.348 e. The number of aryl methyl sites for hydroxylation is 3. The van der Waals surface area contributed by atoms with E-state index in [0.29, 0.717) is 23.1 Å². The van der Waals surface area contributed by atoms with Gasteiger partial charge in [-0.1, -0.05) is 51.2 Å². The Morgan fingerprint density at radius 3 is 2.53 bits per heavy atom.